The molecule has 0 aliphatic heterocycles. The predicted octanol–water partition coefficient (Wildman–Crippen LogP) is 3.14. The largest absolute Gasteiger partial charge is 0.380 e. The highest BCUT2D eigenvalue weighted by Crippen LogP contribution is 2.17. The van der Waals surface area contributed by atoms with Crippen LogP contribution in [0.3, 0.4) is 0 Å². The molecule has 1 heterocycles. The molecule has 70 valence electrons. The molecule has 0 aliphatic carbocycles. The lowest BCUT2D eigenvalue weighted by molar-refractivity contribution is 1.14. The SMILES string of the molecule is C=C(C)CNc1cc(Br)cnc1C. The molecular weight excluding hydrogens is 228 g/mol. The van der Waals surface area contributed by atoms with Crippen molar-refractivity contribution < 1.29 is 0 Å². The van der Waals surface area contributed by atoms with Gasteiger partial charge in [0.25, 0.3) is 0 Å². The molecule has 1 aromatic heterocycles. The maximum absolute atomic E-state index is 4.22. The lowest BCUT2D eigenvalue weighted by Gasteiger charge is -2.08. The van der Waals surface area contributed by atoms with Gasteiger partial charge >= 0.3 is 0 Å². The molecule has 1 rings (SSSR count). The van der Waals surface area contributed by atoms with Gasteiger partial charge in [-0.25, -0.2) is 0 Å². The average Bonchev–Trinajstić information content (AvgIpc) is 2.06. The Morgan fingerprint density at radius 2 is 2.38 bits per heavy atom. The summed E-state index contributed by atoms with van der Waals surface area (Å²) >= 11 is 3.38. The van der Waals surface area contributed by atoms with E-state index in [0.717, 1.165) is 28.0 Å². The lowest BCUT2D eigenvalue weighted by atomic mass is 10.3. The number of hydrogen-bond donors (Lipinski definition) is 1. The Kier molecular flexibility index (Phi) is 3.48. The van der Waals surface area contributed by atoms with Crippen molar-refractivity contribution in [2.45, 2.75) is 13.8 Å². The zero-order chi connectivity index (χ0) is 9.84. The topological polar surface area (TPSA) is 24.9 Å². The molecule has 0 unspecified atom stereocenters. The highest BCUT2D eigenvalue weighted by molar-refractivity contribution is 9.10. The highest BCUT2D eigenvalue weighted by Gasteiger charge is 1.98. The second kappa shape index (κ2) is 4.42. The van der Waals surface area contributed by atoms with Crippen LogP contribution in [0.1, 0.15) is 12.6 Å². The van der Waals surface area contributed by atoms with E-state index in [-0.39, 0.29) is 0 Å². The maximum atomic E-state index is 4.22. The minimum atomic E-state index is 0.791. The Balaban J connectivity index is 2.75. The van der Waals surface area contributed by atoms with Crippen LogP contribution in [-0.2, 0) is 0 Å². The van der Waals surface area contributed by atoms with Gasteiger partial charge in [0.05, 0.1) is 11.4 Å². The van der Waals surface area contributed by atoms with E-state index in [1.807, 2.05) is 19.9 Å². The summed E-state index contributed by atoms with van der Waals surface area (Å²) in [7, 11) is 0. The second-order valence-corrected chi connectivity index (χ2v) is 4.01. The molecular formula is C10H13BrN2. The molecule has 0 fully saturated rings. The van der Waals surface area contributed by atoms with E-state index in [1.165, 1.54) is 0 Å². The van der Waals surface area contributed by atoms with Crippen molar-refractivity contribution in [3.05, 3.63) is 34.6 Å². The summed E-state index contributed by atoms with van der Waals surface area (Å²) in [6.07, 6.45) is 1.79. The minimum absolute atomic E-state index is 0.791. The fraction of sp³-hybridized carbons (Fsp3) is 0.300. The fourth-order valence-corrected chi connectivity index (χ4v) is 1.26. The Morgan fingerprint density at radius 3 is 3.00 bits per heavy atom. The van der Waals surface area contributed by atoms with Gasteiger partial charge in [0.2, 0.25) is 0 Å². The van der Waals surface area contributed by atoms with E-state index >= 15 is 0 Å². The van der Waals surface area contributed by atoms with E-state index in [0.29, 0.717) is 0 Å². The summed E-state index contributed by atoms with van der Waals surface area (Å²) < 4.78 is 0.988. The molecule has 13 heavy (non-hydrogen) atoms. The number of pyridine rings is 1. The molecule has 0 aromatic carbocycles. The van der Waals surface area contributed by atoms with Crippen molar-refractivity contribution in [1.82, 2.24) is 4.98 Å². The third kappa shape index (κ3) is 3.19. The number of aromatic nitrogens is 1. The Morgan fingerprint density at radius 1 is 1.69 bits per heavy atom. The molecule has 0 saturated heterocycles. The van der Waals surface area contributed by atoms with Crippen LogP contribution in [-0.4, -0.2) is 11.5 Å². The quantitative estimate of drug-likeness (QED) is 0.822. The van der Waals surface area contributed by atoms with Crippen LogP contribution in [0.5, 0.6) is 0 Å². The Labute approximate surface area is 87.2 Å². The van der Waals surface area contributed by atoms with Gasteiger partial charge in [-0.3, -0.25) is 4.98 Å². The first-order valence-electron chi connectivity index (χ1n) is 4.10. The van der Waals surface area contributed by atoms with E-state index in [1.54, 1.807) is 6.20 Å². The minimum Gasteiger partial charge on any atom is -0.380 e. The molecule has 2 nitrogen and oxygen atoms in total. The van der Waals surface area contributed by atoms with Crippen LogP contribution in [0.25, 0.3) is 0 Å². The first kappa shape index (κ1) is 10.3. The van der Waals surface area contributed by atoms with Crippen molar-refractivity contribution in [2.24, 2.45) is 0 Å². The molecule has 1 N–H and O–H groups in total. The van der Waals surface area contributed by atoms with Gasteiger partial charge in [-0.1, -0.05) is 12.2 Å². The number of halogens is 1. The van der Waals surface area contributed by atoms with E-state index < -0.39 is 0 Å². The van der Waals surface area contributed by atoms with Crippen molar-refractivity contribution in [3.8, 4) is 0 Å². The number of anilines is 1. The average molecular weight is 241 g/mol. The van der Waals surface area contributed by atoms with Gasteiger partial charge in [0.15, 0.2) is 0 Å². The first-order chi connectivity index (χ1) is 6.09. The molecule has 1 aromatic rings. The Bertz CT molecular complexity index is 321. The standard InChI is InChI=1S/C10H13BrN2/c1-7(2)5-13-10-4-9(11)6-12-8(10)3/h4,6,13H,1,5H2,2-3H3. The zero-order valence-corrected chi connectivity index (χ0v) is 9.48. The number of nitrogens with zero attached hydrogens (tertiary/aromatic N) is 1. The van der Waals surface area contributed by atoms with Crippen LogP contribution >= 0.6 is 15.9 Å². The first-order valence-corrected chi connectivity index (χ1v) is 4.89. The maximum Gasteiger partial charge on any atom is 0.0604 e. The van der Waals surface area contributed by atoms with Crippen LogP contribution < -0.4 is 5.32 Å². The summed E-state index contributed by atoms with van der Waals surface area (Å²) in [5, 5.41) is 3.26. The van der Waals surface area contributed by atoms with E-state index in [9.17, 15) is 0 Å². The molecule has 0 atom stereocenters. The molecule has 0 aliphatic rings. The number of nitrogens with one attached hydrogen (secondary N) is 1. The zero-order valence-electron chi connectivity index (χ0n) is 7.89. The smallest absolute Gasteiger partial charge is 0.0604 e. The molecule has 0 saturated carbocycles. The molecule has 0 bridgehead atoms. The molecule has 0 spiro atoms. The number of hydrogen-bond acceptors (Lipinski definition) is 2. The van der Waals surface area contributed by atoms with Gasteiger partial charge in [0, 0.05) is 17.2 Å². The van der Waals surface area contributed by atoms with E-state index in [2.05, 4.69) is 32.8 Å². The van der Waals surface area contributed by atoms with Crippen LogP contribution in [0, 0.1) is 6.92 Å². The number of rotatable bonds is 3. The fourth-order valence-electron chi connectivity index (χ4n) is 0.933. The van der Waals surface area contributed by atoms with Crippen LogP contribution in [0.2, 0.25) is 0 Å². The normalized spacial score (nSPS) is 9.77. The van der Waals surface area contributed by atoms with Gasteiger partial charge in [-0.15, -0.1) is 0 Å². The third-order valence-electron chi connectivity index (χ3n) is 1.63. The molecule has 0 radical (unpaired) electrons. The Hall–Kier alpha value is -0.830. The van der Waals surface area contributed by atoms with Gasteiger partial charge in [-0.2, -0.15) is 0 Å². The second-order valence-electron chi connectivity index (χ2n) is 3.10. The summed E-state index contributed by atoms with van der Waals surface area (Å²) in [4.78, 5) is 4.22. The summed E-state index contributed by atoms with van der Waals surface area (Å²) in [6, 6.07) is 2.02. The van der Waals surface area contributed by atoms with Crippen molar-refractivity contribution in [1.29, 1.82) is 0 Å². The van der Waals surface area contributed by atoms with Crippen molar-refractivity contribution >= 4 is 21.6 Å². The third-order valence-corrected chi connectivity index (χ3v) is 2.07. The lowest BCUT2D eigenvalue weighted by Crippen LogP contribution is -2.04. The van der Waals surface area contributed by atoms with Gasteiger partial charge in [0.1, 0.15) is 0 Å². The highest BCUT2D eigenvalue weighted by atomic mass is 79.9. The number of aryl methyl sites for hydroxylation is 1. The van der Waals surface area contributed by atoms with Gasteiger partial charge in [-0.05, 0) is 35.8 Å². The van der Waals surface area contributed by atoms with Crippen molar-refractivity contribution in [3.63, 3.8) is 0 Å². The predicted molar refractivity (Wildman–Crippen MR) is 60.0 cm³/mol. The van der Waals surface area contributed by atoms with Crippen LogP contribution in [0.15, 0.2) is 28.9 Å². The summed E-state index contributed by atoms with van der Waals surface area (Å²) in [5.74, 6) is 0. The van der Waals surface area contributed by atoms with Gasteiger partial charge < -0.3 is 5.32 Å². The summed E-state index contributed by atoms with van der Waals surface area (Å²) in [5.41, 5.74) is 3.17. The van der Waals surface area contributed by atoms with E-state index in [4.69, 9.17) is 0 Å². The summed E-state index contributed by atoms with van der Waals surface area (Å²) in [6.45, 7) is 8.59. The molecule has 0 amide bonds. The van der Waals surface area contributed by atoms with Crippen LogP contribution in [0.4, 0.5) is 5.69 Å². The van der Waals surface area contributed by atoms with Crippen molar-refractivity contribution in [2.75, 3.05) is 11.9 Å². The monoisotopic (exact) mass is 240 g/mol. The molecule has 3 heteroatoms.